The van der Waals surface area contributed by atoms with Gasteiger partial charge in [0, 0.05) is 10.5 Å². The number of carbonyl (C=O) groups excluding carboxylic acids is 1. The van der Waals surface area contributed by atoms with Crippen molar-refractivity contribution in [2.75, 3.05) is 0 Å². The lowest BCUT2D eigenvalue weighted by Crippen LogP contribution is -2.19. The number of amidine groups is 1. The third-order valence-corrected chi connectivity index (χ3v) is 4.06. The molecule has 0 bridgehead atoms. The summed E-state index contributed by atoms with van der Waals surface area (Å²) < 4.78 is 0. The lowest BCUT2D eigenvalue weighted by atomic mass is 10.2. The van der Waals surface area contributed by atoms with Gasteiger partial charge in [0.05, 0.1) is 0 Å². The number of aryl methyl sites for hydroxylation is 1. The molecule has 0 saturated carbocycles. The lowest BCUT2D eigenvalue weighted by Gasteiger charge is -2.08. The normalized spacial score (nSPS) is 12.7. The Bertz CT molecular complexity index is 654. The molecule has 0 amide bonds. The molecule has 2 aromatic carbocycles. The number of benzene rings is 2. The number of nitrogens with two attached hydrogens (primary N) is 1. The molecule has 0 heterocycles. The van der Waals surface area contributed by atoms with Crippen molar-refractivity contribution in [2.24, 2.45) is 10.9 Å². The minimum absolute atomic E-state index is 0.182. The first-order chi connectivity index (χ1) is 10.6. The molecular formula is C17H18N2O2S. The Morgan fingerprint density at radius 3 is 2.41 bits per heavy atom. The zero-order valence-electron chi connectivity index (χ0n) is 12.5. The molecule has 2 aromatic rings. The first-order valence-electron chi connectivity index (χ1n) is 6.89. The molecule has 114 valence electrons. The molecule has 2 rings (SSSR count). The van der Waals surface area contributed by atoms with E-state index < -0.39 is 5.97 Å². The van der Waals surface area contributed by atoms with E-state index in [4.69, 9.17) is 10.6 Å². The van der Waals surface area contributed by atoms with Gasteiger partial charge in [-0.1, -0.05) is 53.2 Å². The molecular weight excluding hydrogens is 296 g/mol. The predicted molar refractivity (Wildman–Crippen MR) is 89.8 cm³/mol. The lowest BCUT2D eigenvalue weighted by molar-refractivity contribution is -0.142. The molecule has 2 N–H and O–H groups in total. The van der Waals surface area contributed by atoms with Crippen molar-refractivity contribution in [1.82, 2.24) is 0 Å². The average molecular weight is 314 g/mol. The molecule has 5 heteroatoms. The molecule has 4 nitrogen and oxygen atoms in total. The van der Waals surface area contributed by atoms with Crippen LogP contribution in [-0.2, 0) is 9.63 Å². The van der Waals surface area contributed by atoms with Crippen molar-refractivity contribution in [3.8, 4) is 0 Å². The topological polar surface area (TPSA) is 64.7 Å². The fourth-order valence-corrected chi connectivity index (χ4v) is 2.54. The average Bonchev–Trinajstić information content (AvgIpc) is 2.55. The van der Waals surface area contributed by atoms with Crippen LogP contribution in [0, 0.1) is 6.92 Å². The highest BCUT2D eigenvalue weighted by atomic mass is 32.2. The first-order valence-corrected chi connectivity index (χ1v) is 7.77. The van der Waals surface area contributed by atoms with Crippen molar-refractivity contribution in [3.63, 3.8) is 0 Å². The summed E-state index contributed by atoms with van der Waals surface area (Å²) in [6.45, 7) is 3.80. The maximum Gasteiger partial charge on any atom is 0.348 e. The van der Waals surface area contributed by atoms with Gasteiger partial charge in [0.2, 0.25) is 0 Å². The summed E-state index contributed by atoms with van der Waals surface area (Å²) in [5.41, 5.74) is 7.68. The summed E-state index contributed by atoms with van der Waals surface area (Å²) in [7, 11) is 0. The zero-order chi connectivity index (χ0) is 15.9. The van der Waals surface area contributed by atoms with Crippen molar-refractivity contribution < 1.29 is 9.63 Å². The highest BCUT2D eigenvalue weighted by molar-refractivity contribution is 8.00. The van der Waals surface area contributed by atoms with Crippen molar-refractivity contribution in [2.45, 2.75) is 24.0 Å². The van der Waals surface area contributed by atoms with E-state index >= 15 is 0 Å². The van der Waals surface area contributed by atoms with Gasteiger partial charge >= 0.3 is 5.97 Å². The Morgan fingerprint density at radius 1 is 1.14 bits per heavy atom. The molecule has 0 aliphatic rings. The smallest absolute Gasteiger partial charge is 0.348 e. The van der Waals surface area contributed by atoms with Crippen LogP contribution >= 0.6 is 11.8 Å². The van der Waals surface area contributed by atoms with E-state index in [0.29, 0.717) is 5.56 Å². The van der Waals surface area contributed by atoms with Gasteiger partial charge in [-0.3, -0.25) is 0 Å². The van der Waals surface area contributed by atoms with Gasteiger partial charge in [-0.15, -0.1) is 11.8 Å². The number of oxime groups is 1. The second kappa shape index (κ2) is 7.66. The Kier molecular flexibility index (Phi) is 5.61. The number of carbonyl (C=O) groups is 1. The Labute approximate surface area is 134 Å². The number of rotatable bonds is 5. The van der Waals surface area contributed by atoms with Crippen LogP contribution < -0.4 is 5.73 Å². The van der Waals surface area contributed by atoms with Crippen molar-refractivity contribution in [1.29, 1.82) is 0 Å². The van der Waals surface area contributed by atoms with Gasteiger partial charge in [0.25, 0.3) is 0 Å². The predicted octanol–water partition coefficient (Wildman–Crippen LogP) is 3.34. The van der Waals surface area contributed by atoms with Crippen molar-refractivity contribution >= 4 is 23.6 Å². The molecule has 0 spiro atoms. The largest absolute Gasteiger partial charge is 0.380 e. The maximum absolute atomic E-state index is 11.9. The highest BCUT2D eigenvalue weighted by Gasteiger charge is 2.16. The van der Waals surface area contributed by atoms with Gasteiger partial charge in [0.1, 0.15) is 5.25 Å². The van der Waals surface area contributed by atoms with Gasteiger partial charge in [-0.2, -0.15) is 0 Å². The van der Waals surface area contributed by atoms with E-state index in [1.807, 2.05) is 49.4 Å². The van der Waals surface area contributed by atoms with Gasteiger partial charge in [-0.25, -0.2) is 4.79 Å². The van der Waals surface area contributed by atoms with Crippen LogP contribution in [0.15, 0.2) is 64.6 Å². The standard InChI is InChI=1S/C17H18N2O2S/c1-12-8-10-15(11-9-12)22-13(2)17(20)21-19-16(18)14-6-4-3-5-7-14/h3-11,13H,1-2H3,(H2,18,19)/t13-/m0/s1. The summed E-state index contributed by atoms with van der Waals surface area (Å²) >= 11 is 1.42. The molecule has 0 aliphatic heterocycles. The summed E-state index contributed by atoms with van der Waals surface area (Å²) in [6.07, 6.45) is 0. The van der Waals surface area contributed by atoms with Gasteiger partial charge < -0.3 is 10.6 Å². The third-order valence-electron chi connectivity index (χ3n) is 2.97. The van der Waals surface area contributed by atoms with E-state index in [1.165, 1.54) is 17.3 Å². The van der Waals surface area contributed by atoms with Gasteiger partial charge in [-0.05, 0) is 26.0 Å². The summed E-state index contributed by atoms with van der Waals surface area (Å²) in [4.78, 5) is 17.9. The van der Waals surface area contributed by atoms with Crippen molar-refractivity contribution in [3.05, 3.63) is 65.7 Å². The van der Waals surface area contributed by atoms with E-state index in [-0.39, 0.29) is 11.1 Å². The van der Waals surface area contributed by atoms with Crippen LogP contribution in [0.25, 0.3) is 0 Å². The van der Waals surface area contributed by atoms with Crippen LogP contribution in [0.2, 0.25) is 0 Å². The molecule has 0 aliphatic carbocycles. The number of thioether (sulfide) groups is 1. The Hall–Kier alpha value is -2.27. The molecule has 0 saturated heterocycles. The molecule has 0 fully saturated rings. The van der Waals surface area contributed by atoms with Crippen LogP contribution in [0.4, 0.5) is 0 Å². The second-order valence-electron chi connectivity index (χ2n) is 4.83. The molecule has 0 aromatic heterocycles. The summed E-state index contributed by atoms with van der Waals surface area (Å²) in [5.74, 6) is -0.244. The minimum atomic E-state index is -0.426. The van der Waals surface area contributed by atoms with Crippen LogP contribution in [0.1, 0.15) is 18.1 Å². The monoisotopic (exact) mass is 314 g/mol. The fraction of sp³-hybridized carbons (Fsp3) is 0.176. The highest BCUT2D eigenvalue weighted by Crippen LogP contribution is 2.24. The maximum atomic E-state index is 11.9. The molecule has 1 atom stereocenters. The second-order valence-corrected chi connectivity index (χ2v) is 6.24. The fourth-order valence-electron chi connectivity index (χ4n) is 1.70. The zero-order valence-corrected chi connectivity index (χ0v) is 13.3. The van der Waals surface area contributed by atoms with Gasteiger partial charge in [0.15, 0.2) is 5.84 Å². The first kappa shape index (κ1) is 16.1. The van der Waals surface area contributed by atoms with Crippen LogP contribution in [-0.4, -0.2) is 17.1 Å². The summed E-state index contributed by atoms with van der Waals surface area (Å²) in [5, 5.41) is 3.34. The van der Waals surface area contributed by atoms with Crippen LogP contribution in [0.3, 0.4) is 0 Å². The Morgan fingerprint density at radius 2 is 1.77 bits per heavy atom. The number of hydrogen-bond donors (Lipinski definition) is 1. The van der Waals surface area contributed by atoms with E-state index in [2.05, 4.69) is 5.16 Å². The number of hydrogen-bond acceptors (Lipinski definition) is 4. The summed E-state index contributed by atoms with van der Waals surface area (Å²) in [6, 6.07) is 17.1. The molecule has 22 heavy (non-hydrogen) atoms. The molecule has 0 radical (unpaired) electrons. The van der Waals surface area contributed by atoms with E-state index in [1.54, 1.807) is 19.1 Å². The van der Waals surface area contributed by atoms with E-state index in [9.17, 15) is 4.79 Å². The minimum Gasteiger partial charge on any atom is -0.380 e. The van der Waals surface area contributed by atoms with Crippen LogP contribution in [0.5, 0.6) is 0 Å². The quantitative estimate of drug-likeness (QED) is 0.302. The third kappa shape index (κ3) is 4.63. The van der Waals surface area contributed by atoms with E-state index in [0.717, 1.165) is 4.90 Å². The number of nitrogens with zero attached hydrogens (tertiary/aromatic N) is 1. The SMILES string of the molecule is Cc1ccc(S[C@@H](C)C(=O)O/N=C(/N)c2ccccc2)cc1. The Balaban J connectivity index is 1.92. The molecule has 0 unspecified atom stereocenters.